The van der Waals surface area contributed by atoms with E-state index >= 15 is 0 Å². The molecule has 0 aliphatic heterocycles. The molecular formula is C9H9F3N2O2. The van der Waals surface area contributed by atoms with Crippen molar-refractivity contribution in [3.63, 3.8) is 0 Å². The van der Waals surface area contributed by atoms with Crippen LogP contribution < -0.4 is 0 Å². The summed E-state index contributed by atoms with van der Waals surface area (Å²) in [4.78, 5) is 10.7. The predicted molar refractivity (Wildman–Crippen MR) is 46.7 cm³/mol. The van der Waals surface area contributed by atoms with Gasteiger partial charge in [0.25, 0.3) is 0 Å². The molecule has 1 atom stereocenters. The molecule has 0 saturated heterocycles. The largest absolute Gasteiger partial charge is 0.481 e. The van der Waals surface area contributed by atoms with Crippen molar-refractivity contribution in [1.82, 2.24) is 10.2 Å². The predicted octanol–water partition coefficient (Wildman–Crippen LogP) is 1.62. The number of hydrogen-bond acceptors (Lipinski definition) is 2. The average Bonchev–Trinajstić information content (AvgIpc) is 2.58. The molecule has 0 amide bonds. The molecule has 0 fully saturated rings. The summed E-state index contributed by atoms with van der Waals surface area (Å²) in [6.07, 6.45) is -4.05. The zero-order chi connectivity index (χ0) is 11.9. The third-order valence-electron chi connectivity index (χ3n) is 2.76. The van der Waals surface area contributed by atoms with Crippen molar-refractivity contribution in [3.05, 3.63) is 17.0 Å². The van der Waals surface area contributed by atoms with Crippen LogP contribution in [0.1, 0.15) is 23.4 Å². The van der Waals surface area contributed by atoms with E-state index in [0.717, 1.165) is 0 Å². The van der Waals surface area contributed by atoms with Crippen LogP contribution in [0.4, 0.5) is 13.2 Å². The number of hydrogen-bond donors (Lipinski definition) is 2. The molecule has 0 bridgehead atoms. The van der Waals surface area contributed by atoms with Gasteiger partial charge in [0.2, 0.25) is 0 Å². The summed E-state index contributed by atoms with van der Waals surface area (Å²) in [6.45, 7) is 0. The lowest BCUT2D eigenvalue weighted by Gasteiger charge is -2.18. The van der Waals surface area contributed by atoms with Crippen molar-refractivity contribution < 1.29 is 23.1 Å². The molecular weight excluding hydrogens is 225 g/mol. The standard InChI is InChI=1S/C9H9F3N2O2/c10-9(11,12)7-5-2-1-4(8(15)16)3-6(5)13-14-7/h4H,1-3H2,(H,13,14)(H,15,16)/t4-/m1/s1. The number of fused-ring (bicyclic) bond motifs is 1. The van der Waals surface area contributed by atoms with Gasteiger partial charge in [0.05, 0.1) is 5.92 Å². The van der Waals surface area contributed by atoms with Gasteiger partial charge in [-0.1, -0.05) is 0 Å². The summed E-state index contributed by atoms with van der Waals surface area (Å²) < 4.78 is 37.4. The lowest BCUT2D eigenvalue weighted by Crippen LogP contribution is -2.23. The highest BCUT2D eigenvalue weighted by Gasteiger charge is 2.39. The van der Waals surface area contributed by atoms with E-state index in [0.29, 0.717) is 5.69 Å². The van der Waals surface area contributed by atoms with Crippen LogP contribution in [-0.4, -0.2) is 21.3 Å². The fourth-order valence-electron chi connectivity index (χ4n) is 1.95. The van der Waals surface area contributed by atoms with Gasteiger partial charge in [0.1, 0.15) is 0 Å². The molecule has 0 saturated carbocycles. The number of rotatable bonds is 1. The normalized spacial score (nSPS) is 20.6. The second-order valence-electron chi connectivity index (χ2n) is 3.81. The first-order valence-corrected chi connectivity index (χ1v) is 4.75. The molecule has 1 aromatic heterocycles. The third-order valence-corrected chi connectivity index (χ3v) is 2.76. The van der Waals surface area contributed by atoms with E-state index in [2.05, 4.69) is 10.2 Å². The Labute approximate surface area is 88.5 Å². The first kappa shape index (κ1) is 11.0. The van der Waals surface area contributed by atoms with Crippen LogP contribution >= 0.6 is 0 Å². The van der Waals surface area contributed by atoms with Crippen LogP contribution in [0.15, 0.2) is 0 Å². The molecule has 1 aliphatic rings. The Morgan fingerprint density at radius 1 is 1.50 bits per heavy atom. The maximum atomic E-state index is 12.5. The van der Waals surface area contributed by atoms with Crippen molar-refractivity contribution in [2.75, 3.05) is 0 Å². The van der Waals surface area contributed by atoms with Crippen molar-refractivity contribution in [3.8, 4) is 0 Å². The van der Waals surface area contributed by atoms with Crippen LogP contribution in [0.3, 0.4) is 0 Å². The van der Waals surface area contributed by atoms with E-state index in [1.165, 1.54) is 0 Å². The van der Waals surface area contributed by atoms with Gasteiger partial charge in [-0.2, -0.15) is 18.3 Å². The molecule has 0 radical (unpaired) electrons. The van der Waals surface area contributed by atoms with Gasteiger partial charge in [0, 0.05) is 17.7 Å². The first-order valence-electron chi connectivity index (χ1n) is 4.75. The number of halogens is 3. The fraction of sp³-hybridized carbons (Fsp3) is 0.556. The molecule has 0 spiro atoms. The lowest BCUT2D eigenvalue weighted by molar-refractivity contribution is -0.142. The van der Waals surface area contributed by atoms with Crippen LogP contribution in [0.2, 0.25) is 0 Å². The highest BCUT2D eigenvalue weighted by atomic mass is 19.4. The quantitative estimate of drug-likeness (QED) is 0.775. The smallest absolute Gasteiger partial charge is 0.435 e. The zero-order valence-electron chi connectivity index (χ0n) is 8.14. The number of alkyl halides is 3. The molecule has 4 nitrogen and oxygen atoms in total. The Hall–Kier alpha value is -1.53. The number of H-pyrrole nitrogens is 1. The van der Waals surface area contributed by atoms with Gasteiger partial charge in [0.15, 0.2) is 5.69 Å². The van der Waals surface area contributed by atoms with Crippen molar-refractivity contribution in [2.45, 2.75) is 25.4 Å². The zero-order valence-corrected chi connectivity index (χ0v) is 8.14. The summed E-state index contributed by atoms with van der Waals surface area (Å²) >= 11 is 0. The molecule has 0 aromatic carbocycles. The van der Waals surface area contributed by atoms with Crippen LogP contribution in [0, 0.1) is 5.92 Å². The third kappa shape index (κ3) is 1.77. The summed E-state index contributed by atoms with van der Waals surface area (Å²) in [5.41, 5.74) is -0.498. The van der Waals surface area contributed by atoms with E-state index in [-0.39, 0.29) is 24.8 Å². The molecule has 1 aliphatic carbocycles. The average molecular weight is 234 g/mol. The van der Waals surface area contributed by atoms with Crippen molar-refractivity contribution in [2.24, 2.45) is 5.92 Å². The molecule has 0 unspecified atom stereocenters. The molecule has 2 N–H and O–H groups in total. The number of carboxylic acid groups (broad SMARTS) is 1. The SMILES string of the molecule is O=C(O)[C@@H]1CCc2c(C(F)(F)F)n[nH]c2C1. The van der Waals surface area contributed by atoms with Gasteiger partial charge in [-0.25, -0.2) is 0 Å². The highest BCUT2D eigenvalue weighted by molar-refractivity contribution is 5.70. The Kier molecular flexibility index (Phi) is 2.40. The topological polar surface area (TPSA) is 66.0 Å². The minimum Gasteiger partial charge on any atom is -0.481 e. The first-order chi connectivity index (χ1) is 7.39. The number of aromatic nitrogens is 2. The highest BCUT2D eigenvalue weighted by Crippen LogP contribution is 2.35. The van der Waals surface area contributed by atoms with Crippen LogP contribution in [-0.2, 0) is 23.8 Å². The van der Waals surface area contributed by atoms with Gasteiger partial charge >= 0.3 is 12.1 Å². The van der Waals surface area contributed by atoms with Gasteiger partial charge in [-0.15, -0.1) is 0 Å². The van der Waals surface area contributed by atoms with Gasteiger partial charge in [-0.3, -0.25) is 9.89 Å². The lowest BCUT2D eigenvalue weighted by atomic mass is 9.87. The van der Waals surface area contributed by atoms with E-state index in [4.69, 9.17) is 5.11 Å². The van der Waals surface area contributed by atoms with Crippen LogP contribution in [0.5, 0.6) is 0 Å². The van der Waals surface area contributed by atoms with E-state index < -0.39 is 23.8 Å². The maximum Gasteiger partial charge on any atom is 0.435 e. The minimum absolute atomic E-state index is 0.0910. The number of carbonyl (C=O) groups is 1. The van der Waals surface area contributed by atoms with Crippen molar-refractivity contribution in [1.29, 1.82) is 0 Å². The molecule has 88 valence electrons. The fourth-order valence-corrected chi connectivity index (χ4v) is 1.95. The Balaban J connectivity index is 2.31. The second kappa shape index (κ2) is 3.50. The maximum absolute atomic E-state index is 12.5. The van der Waals surface area contributed by atoms with Gasteiger partial charge < -0.3 is 5.11 Å². The van der Waals surface area contributed by atoms with E-state index in [1.807, 2.05) is 0 Å². The Morgan fingerprint density at radius 2 is 2.19 bits per heavy atom. The summed E-state index contributed by atoms with van der Waals surface area (Å²) in [7, 11) is 0. The number of nitrogens with zero attached hydrogens (tertiary/aromatic N) is 1. The number of aromatic amines is 1. The van der Waals surface area contributed by atoms with E-state index in [9.17, 15) is 18.0 Å². The van der Waals surface area contributed by atoms with Crippen molar-refractivity contribution >= 4 is 5.97 Å². The Morgan fingerprint density at radius 3 is 2.75 bits per heavy atom. The summed E-state index contributed by atoms with van der Waals surface area (Å²) in [5, 5.41) is 14.3. The van der Waals surface area contributed by atoms with Crippen LogP contribution in [0.25, 0.3) is 0 Å². The minimum atomic E-state index is -4.47. The molecule has 2 rings (SSSR count). The molecule has 1 aromatic rings. The number of carboxylic acids is 1. The number of aliphatic carboxylic acids is 1. The van der Waals surface area contributed by atoms with Gasteiger partial charge in [-0.05, 0) is 12.8 Å². The van der Waals surface area contributed by atoms with E-state index in [1.54, 1.807) is 0 Å². The Bertz CT molecular complexity index is 425. The summed E-state index contributed by atoms with van der Waals surface area (Å²) in [6, 6.07) is 0. The molecule has 16 heavy (non-hydrogen) atoms. The summed E-state index contributed by atoms with van der Waals surface area (Å²) in [5.74, 6) is -1.59. The molecule has 1 heterocycles. The second-order valence-corrected chi connectivity index (χ2v) is 3.81. The molecule has 7 heteroatoms. The monoisotopic (exact) mass is 234 g/mol. The number of nitrogens with one attached hydrogen (secondary N) is 1.